The van der Waals surface area contributed by atoms with Crippen LogP contribution in [0.5, 0.6) is 0 Å². The van der Waals surface area contributed by atoms with Gasteiger partial charge in [-0.05, 0) is 13.8 Å². The largest absolute Gasteiger partial charge is 0.459 e. The molecule has 0 amide bonds. The lowest BCUT2D eigenvalue weighted by molar-refractivity contribution is -0.399. The van der Waals surface area contributed by atoms with Crippen molar-refractivity contribution in [1.29, 1.82) is 0 Å². The Hall–Kier alpha value is -3.61. The molecule has 2 aromatic heterocycles. The summed E-state index contributed by atoms with van der Waals surface area (Å²) in [5.74, 6) is -0.893. The number of nitro benzene ring substituents is 2. The molecule has 0 radical (unpaired) electrons. The van der Waals surface area contributed by atoms with Crippen molar-refractivity contribution in [3.05, 3.63) is 50.6 Å². The molecule has 13 heteroatoms. The summed E-state index contributed by atoms with van der Waals surface area (Å²) in [6.07, 6.45) is 2.06. The van der Waals surface area contributed by atoms with Gasteiger partial charge in [-0.1, -0.05) is 11.8 Å². The molecule has 0 aliphatic carbocycles. The van der Waals surface area contributed by atoms with Gasteiger partial charge in [0.1, 0.15) is 16.9 Å². The summed E-state index contributed by atoms with van der Waals surface area (Å²) in [5, 5.41) is 23.3. The molecule has 0 aliphatic heterocycles. The number of fused-ring (bicyclic) bond motifs is 1. The Labute approximate surface area is 160 Å². The third-order valence-electron chi connectivity index (χ3n) is 3.41. The number of benzene rings is 1. The maximum Gasteiger partial charge on any atom is 0.338 e. The van der Waals surface area contributed by atoms with Gasteiger partial charge in [0.25, 0.3) is 11.4 Å². The number of ether oxygens (including phenoxy) is 1. The first kappa shape index (κ1) is 19.2. The summed E-state index contributed by atoms with van der Waals surface area (Å²) < 4.78 is 4.99. The Balaban J connectivity index is 2.16. The van der Waals surface area contributed by atoms with E-state index in [-0.39, 0.29) is 15.5 Å². The van der Waals surface area contributed by atoms with Crippen molar-refractivity contribution < 1.29 is 19.4 Å². The number of esters is 1. The summed E-state index contributed by atoms with van der Waals surface area (Å²) in [6.45, 7) is 3.19. The molecule has 144 valence electrons. The number of nitrogens with zero attached hydrogens (tertiary/aromatic N) is 5. The molecule has 0 atom stereocenters. The normalized spacial score (nSPS) is 11.0. The molecular weight excluding hydrogens is 392 g/mol. The Morgan fingerprint density at radius 1 is 1.14 bits per heavy atom. The summed E-state index contributed by atoms with van der Waals surface area (Å²) in [5.41, 5.74) is -0.826. The van der Waals surface area contributed by atoms with Gasteiger partial charge >= 0.3 is 5.97 Å². The highest BCUT2D eigenvalue weighted by molar-refractivity contribution is 7.99. The van der Waals surface area contributed by atoms with Gasteiger partial charge in [-0.25, -0.2) is 19.7 Å². The van der Waals surface area contributed by atoms with Crippen LogP contribution in [0.25, 0.3) is 11.2 Å². The highest BCUT2D eigenvalue weighted by atomic mass is 32.2. The van der Waals surface area contributed by atoms with Gasteiger partial charge in [0.15, 0.2) is 10.5 Å². The highest BCUT2D eigenvalue weighted by Crippen LogP contribution is 2.42. The van der Waals surface area contributed by atoms with E-state index in [1.807, 2.05) is 0 Å². The molecule has 0 fully saturated rings. The van der Waals surface area contributed by atoms with Crippen molar-refractivity contribution in [2.45, 2.75) is 29.9 Å². The lowest BCUT2D eigenvalue weighted by atomic mass is 10.1. The quantitative estimate of drug-likeness (QED) is 0.279. The van der Waals surface area contributed by atoms with Gasteiger partial charge in [-0.15, -0.1) is 0 Å². The Bertz CT molecular complexity index is 1060. The molecular formula is C15H12N6O6S. The fourth-order valence-corrected chi connectivity index (χ4v) is 3.31. The second-order valence-corrected chi connectivity index (χ2v) is 6.69. The number of imidazole rings is 1. The summed E-state index contributed by atoms with van der Waals surface area (Å²) in [6, 6.07) is 1.90. The topological polar surface area (TPSA) is 167 Å². The summed E-state index contributed by atoms with van der Waals surface area (Å²) in [4.78, 5) is 48.0. The Kier molecular flexibility index (Phi) is 5.17. The van der Waals surface area contributed by atoms with E-state index in [0.29, 0.717) is 22.9 Å². The van der Waals surface area contributed by atoms with Crippen molar-refractivity contribution in [1.82, 2.24) is 19.9 Å². The SMILES string of the molecule is CC(C)OC(=O)c1cc([N+](=O)[O-])c(Sc2ncnc3nc[nH]c23)c([N+](=O)[O-])c1. The number of hydrogen-bond acceptors (Lipinski definition) is 10. The molecule has 0 saturated carbocycles. The molecule has 3 aromatic rings. The van der Waals surface area contributed by atoms with Crippen molar-refractivity contribution >= 4 is 40.3 Å². The van der Waals surface area contributed by atoms with Crippen LogP contribution in [0.3, 0.4) is 0 Å². The molecule has 1 aromatic carbocycles. The second-order valence-electron chi connectivity index (χ2n) is 5.69. The zero-order valence-corrected chi connectivity index (χ0v) is 15.3. The average Bonchev–Trinajstić information content (AvgIpc) is 3.10. The molecule has 28 heavy (non-hydrogen) atoms. The number of aromatic amines is 1. The predicted octanol–water partition coefficient (Wildman–Crippen LogP) is 2.89. The number of hydrogen-bond donors (Lipinski definition) is 1. The molecule has 3 rings (SSSR count). The zero-order valence-electron chi connectivity index (χ0n) is 14.5. The number of rotatable bonds is 6. The minimum absolute atomic E-state index is 0.214. The molecule has 0 spiro atoms. The van der Waals surface area contributed by atoms with E-state index in [0.717, 1.165) is 12.1 Å². The maximum atomic E-state index is 12.1. The van der Waals surface area contributed by atoms with Crippen LogP contribution < -0.4 is 0 Å². The smallest absolute Gasteiger partial charge is 0.338 e. The van der Waals surface area contributed by atoms with E-state index in [2.05, 4.69) is 19.9 Å². The molecule has 0 aliphatic rings. The lowest BCUT2D eigenvalue weighted by Crippen LogP contribution is -2.12. The van der Waals surface area contributed by atoms with Gasteiger partial charge in [0, 0.05) is 12.1 Å². The van der Waals surface area contributed by atoms with Crippen LogP contribution in [-0.2, 0) is 4.74 Å². The van der Waals surface area contributed by atoms with Crippen LogP contribution in [0.4, 0.5) is 11.4 Å². The monoisotopic (exact) mass is 404 g/mol. The van der Waals surface area contributed by atoms with Gasteiger partial charge in [0.2, 0.25) is 0 Å². The number of carbonyl (C=O) groups is 1. The minimum Gasteiger partial charge on any atom is -0.459 e. The third kappa shape index (κ3) is 3.73. The molecule has 0 bridgehead atoms. The van der Waals surface area contributed by atoms with E-state index >= 15 is 0 Å². The third-order valence-corrected chi connectivity index (χ3v) is 4.53. The number of carbonyl (C=O) groups excluding carboxylic acids is 1. The molecule has 1 N–H and O–H groups in total. The number of H-pyrrole nitrogens is 1. The average molecular weight is 404 g/mol. The van der Waals surface area contributed by atoms with Crippen molar-refractivity contribution in [2.24, 2.45) is 0 Å². The van der Waals surface area contributed by atoms with Crippen LogP contribution in [0.15, 0.2) is 34.7 Å². The standard InChI is InChI=1S/C15H12N6O6S/c1-7(2)27-15(22)8-3-9(20(23)24)12(10(4-8)21(25)26)28-14-11-13(17-5-16-11)18-6-19-14/h3-7H,1-2H3,(H,16,17,18,19). The van der Waals surface area contributed by atoms with Gasteiger partial charge < -0.3 is 9.72 Å². The number of nitrogens with one attached hydrogen (secondary N) is 1. The van der Waals surface area contributed by atoms with E-state index < -0.39 is 33.3 Å². The fraction of sp³-hybridized carbons (Fsp3) is 0.200. The second kappa shape index (κ2) is 7.56. The molecule has 2 heterocycles. The predicted molar refractivity (Wildman–Crippen MR) is 96.1 cm³/mol. The van der Waals surface area contributed by atoms with Crippen molar-refractivity contribution in [3.63, 3.8) is 0 Å². The first-order chi connectivity index (χ1) is 13.3. The molecule has 0 unspecified atom stereocenters. The highest BCUT2D eigenvalue weighted by Gasteiger charge is 2.31. The fourth-order valence-electron chi connectivity index (χ4n) is 2.29. The van der Waals surface area contributed by atoms with Crippen molar-refractivity contribution in [2.75, 3.05) is 0 Å². The summed E-state index contributed by atoms with van der Waals surface area (Å²) in [7, 11) is 0. The Morgan fingerprint density at radius 3 is 2.36 bits per heavy atom. The van der Waals surface area contributed by atoms with Crippen LogP contribution in [0.1, 0.15) is 24.2 Å². The van der Waals surface area contributed by atoms with Crippen LogP contribution >= 0.6 is 11.8 Å². The van der Waals surface area contributed by atoms with Crippen LogP contribution in [0.2, 0.25) is 0 Å². The van der Waals surface area contributed by atoms with E-state index in [4.69, 9.17) is 4.74 Å². The number of nitro groups is 2. The molecule has 12 nitrogen and oxygen atoms in total. The summed E-state index contributed by atoms with van der Waals surface area (Å²) >= 11 is 0.708. The van der Waals surface area contributed by atoms with E-state index in [1.165, 1.54) is 12.7 Å². The Morgan fingerprint density at radius 2 is 1.79 bits per heavy atom. The van der Waals surface area contributed by atoms with Gasteiger partial charge in [-0.2, -0.15) is 0 Å². The zero-order chi connectivity index (χ0) is 20.4. The first-order valence-corrected chi connectivity index (χ1v) is 8.59. The van der Waals surface area contributed by atoms with Gasteiger partial charge in [0.05, 0.1) is 27.8 Å². The maximum absolute atomic E-state index is 12.1. The van der Waals surface area contributed by atoms with Crippen LogP contribution in [-0.4, -0.2) is 41.9 Å². The lowest BCUT2D eigenvalue weighted by Gasteiger charge is -2.09. The number of aromatic nitrogens is 4. The van der Waals surface area contributed by atoms with E-state index in [1.54, 1.807) is 13.8 Å². The van der Waals surface area contributed by atoms with E-state index in [9.17, 15) is 25.0 Å². The van der Waals surface area contributed by atoms with Crippen LogP contribution in [0, 0.1) is 20.2 Å². The molecule has 0 saturated heterocycles. The first-order valence-electron chi connectivity index (χ1n) is 7.77. The van der Waals surface area contributed by atoms with Gasteiger partial charge in [-0.3, -0.25) is 20.2 Å². The minimum atomic E-state index is -0.893. The van der Waals surface area contributed by atoms with Crippen molar-refractivity contribution in [3.8, 4) is 0 Å².